The van der Waals surface area contributed by atoms with Gasteiger partial charge in [-0.3, -0.25) is 4.79 Å². The van der Waals surface area contributed by atoms with Crippen molar-refractivity contribution in [2.45, 2.75) is 51.7 Å². The Hall–Kier alpha value is -2.33. The lowest BCUT2D eigenvalue weighted by Crippen LogP contribution is -2.42. The van der Waals surface area contributed by atoms with Gasteiger partial charge in [0.25, 0.3) is 5.91 Å². The van der Waals surface area contributed by atoms with Gasteiger partial charge in [0.1, 0.15) is 11.6 Å². The van der Waals surface area contributed by atoms with Gasteiger partial charge in [-0.2, -0.15) is 0 Å². The maximum atomic E-state index is 12.8. The highest BCUT2D eigenvalue weighted by atomic mass is 35.5. The van der Waals surface area contributed by atoms with E-state index in [4.69, 9.17) is 20.8 Å². The van der Waals surface area contributed by atoms with Crippen molar-refractivity contribution in [2.24, 2.45) is 5.92 Å². The highest BCUT2D eigenvalue weighted by Gasteiger charge is 2.31. The minimum atomic E-state index is -0.518. The van der Waals surface area contributed by atoms with Gasteiger partial charge in [0, 0.05) is 27.2 Å². The van der Waals surface area contributed by atoms with Gasteiger partial charge >= 0.3 is 12.1 Å². The van der Waals surface area contributed by atoms with Crippen LogP contribution < -0.4 is 10.2 Å². The number of anilines is 1. The van der Waals surface area contributed by atoms with Crippen molar-refractivity contribution in [2.75, 3.05) is 32.1 Å². The molecule has 1 aliphatic heterocycles. The Balaban J connectivity index is 1.66. The smallest absolute Gasteiger partial charge is 0.410 e. The fraction of sp³-hybridized carbons (Fsp3) is 0.619. The molecule has 1 atom stereocenters. The Morgan fingerprint density at radius 1 is 1.31 bits per heavy atom. The third-order valence-electron chi connectivity index (χ3n) is 5.05. The zero-order chi connectivity index (χ0) is 23.5. The largest absolute Gasteiger partial charge is 0.444 e. The predicted octanol–water partition coefficient (Wildman–Crippen LogP) is 4.36. The van der Waals surface area contributed by atoms with Gasteiger partial charge in [-0.25, -0.2) is 4.79 Å². The lowest BCUT2D eigenvalue weighted by atomic mass is 9.90. The molecule has 3 heterocycles. The van der Waals surface area contributed by atoms with Gasteiger partial charge in [-0.05, 0) is 58.1 Å². The fourth-order valence-corrected chi connectivity index (χ4v) is 4.39. The first kappa shape index (κ1) is 24.3. The Labute approximate surface area is 197 Å². The molecule has 176 valence electrons. The maximum Gasteiger partial charge on any atom is 0.410 e. The first-order valence-corrected chi connectivity index (χ1v) is 11.8. The minimum absolute atomic E-state index is 0.234. The topological polar surface area (TPSA) is 101 Å². The Bertz CT molecular complexity index is 931. The number of carbonyl (C=O) groups excluding carboxylic acids is 2. The SMILES string of the molecule is CN(C)c1nnc(C(CC2CCN(C(=O)OC(C)(C)C)CC2)NC(=O)c2ccc(Cl)s2)o1. The molecule has 0 aliphatic carbocycles. The molecule has 0 aromatic carbocycles. The molecule has 11 heteroatoms. The summed E-state index contributed by atoms with van der Waals surface area (Å²) in [5.74, 6) is 0.405. The number of aromatic nitrogens is 2. The first-order chi connectivity index (χ1) is 15.0. The summed E-state index contributed by atoms with van der Waals surface area (Å²) in [7, 11) is 3.62. The van der Waals surface area contributed by atoms with Crippen molar-refractivity contribution >= 4 is 41.0 Å². The van der Waals surface area contributed by atoms with Crippen LogP contribution in [0.1, 0.15) is 61.6 Å². The van der Waals surface area contributed by atoms with Crippen LogP contribution >= 0.6 is 22.9 Å². The molecule has 1 N–H and O–H groups in total. The summed E-state index contributed by atoms with van der Waals surface area (Å²) in [4.78, 5) is 29.1. The molecule has 3 rings (SSSR count). The van der Waals surface area contributed by atoms with Crippen LogP contribution in [0, 0.1) is 5.92 Å². The minimum Gasteiger partial charge on any atom is -0.444 e. The molecule has 1 saturated heterocycles. The van der Waals surface area contributed by atoms with Crippen LogP contribution in [0.4, 0.5) is 10.8 Å². The summed E-state index contributed by atoms with van der Waals surface area (Å²) in [5, 5.41) is 11.2. The number of nitrogens with zero attached hydrogens (tertiary/aromatic N) is 4. The number of amides is 2. The summed E-state index contributed by atoms with van der Waals surface area (Å²) in [6.07, 6.45) is 1.93. The third kappa shape index (κ3) is 6.59. The van der Waals surface area contributed by atoms with E-state index in [1.165, 1.54) is 11.3 Å². The van der Waals surface area contributed by atoms with Gasteiger partial charge in [-0.1, -0.05) is 16.7 Å². The van der Waals surface area contributed by atoms with E-state index in [9.17, 15) is 9.59 Å². The Kier molecular flexibility index (Phi) is 7.66. The van der Waals surface area contributed by atoms with E-state index in [0.29, 0.717) is 40.6 Å². The number of piperidine rings is 1. The molecule has 9 nitrogen and oxygen atoms in total. The number of ether oxygens (including phenoxy) is 1. The molecule has 0 radical (unpaired) electrons. The van der Waals surface area contributed by atoms with E-state index in [2.05, 4.69) is 15.5 Å². The van der Waals surface area contributed by atoms with Crippen LogP contribution in [0.3, 0.4) is 0 Å². The maximum absolute atomic E-state index is 12.8. The van der Waals surface area contributed by atoms with Crippen LogP contribution in [0.15, 0.2) is 16.5 Å². The predicted molar refractivity (Wildman–Crippen MR) is 123 cm³/mol. The van der Waals surface area contributed by atoms with E-state index in [1.807, 2.05) is 34.9 Å². The molecule has 2 amide bonds. The van der Waals surface area contributed by atoms with Gasteiger partial charge < -0.3 is 24.3 Å². The summed E-state index contributed by atoms with van der Waals surface area (Å²) in [5.41, 5.74) is -0.518. The van der Waals surface area contributed by atoms with Crippen LogP contribution in [0.2, 0.25) is 4.34 Å². The first-order valence-electron chi connectivity index (χ1n) is 10.6. The molecule has 0 spiro atoms. The summed E-state index contributed by atoms with van der Waals surface area (Å²) in [6.45, 7) is 6.79. The summed E-state index contributed by atoms with van der Waals surface area (Å²) in [6, 6.07) is 3.32. The number of hydrogen-bond donors (Lipinski definition) is 1. The summed E-state index contributed by atoms with van der Waals surface area (Å²) >= 11 is 7.20. The number of hydrogen-bond acceptors (Lipinski definition) is 8. The zero-order valence-corrected chi connectivity index (χ0v) is 20.6. The molecule has 2 aromatic heterocycles. The molecule has 0 bridgehead atoms. The van der Waals surface area contributed by atoms with E-state index in [-0.39, 0.29) is 17.9 Å². The van der Waals surface area contributed by atoms with Gasteiger partial charge in [0.05, 0.1) is 9.21 Å². The van der Waals surface area contributed by atoms with E-state index >= 15 is 0 Å². The molecular weight excluding hydrogens is 454 g/mol. The quantitative estimate of drug-likeness (QED) is 0.651. The second-order valence-corrected chi connectivity index (χ2v) is 10.8. The van der Waals surface area contributed by atoms with Gasteiger partial charge in [0.2, 0.25) is 5.89 Å². The van der Waals surface area contributed by atoms with Gasteiger partial charge in [0.15, 0.2) is 0 Å². The molecular formula is C21H30ClN5O4S. The molecule has 1 fully saturated rings. The van der Waals surface area contributed by atoms with Crippen molar-refractivity contribution in [3.05, 3.63) is 27.2 Å². The van der Waals surface area contributed by atoms with E-state index < -0.39 is 11.6 Å². The number of thiophene rings is 1. The van der Waals surface area contributed by atoms with E-state index in [0.717, 1.165) is 12.8 Å². The number of carbonyl (C=O) groups is 2. The lowest BCUT2D eigenvalue weighted by Gasteiger charge is -2.34. The highest BCUT2D eigenvalue weighted by Crippen LogP contribution is 2.30. The van der Waals surface area contributed by atoms with Crippen molar-refractivity contribution in [3.63, 3.8) is 0 Å². The molecule has 32 heavy (non-hydrogen) atoms. The Morgan fingerprint density at radius 2 is 2.00 bits per heavy atom. The monoisotopic (exact) mass is 483 g/mol. The fourth-order valence-electron chi connectivity index (χ4n) is 3.45. The molecule has 2 aromatic rings. The standard InChI is InChI=1S/C21H30ClN5O4S/c1-21(2,3)31-20(29)27-10-8-13(9-11-27)12-14(18-24-25-19(30-18)26(4)5)23-17(28)15-6-7-16(22)32-15/h6-7,13-14H,8-12H2,1-5H3,(H,23,28). The normalized spacial score (nSPS) is 16.0. The lowest BCUT2D eigenvalue weighted by molar-refractivity contribution is 0.0177. The second-order valence-electron chi connectivity index (χ2n) is 9.09. The molecule has 1 unspecified atom stereocenters. The number of rotatable bonds is 6. The van der Waals surface area contributed by atoms with Crippen molar-refractivity contribution < 1.29 is 18.7 Å². The van der Waals surface area contributed by atoms with E-state index in [1.54, 1.807) is 21.9 Å². The second kappa shape index (κ2) is 10.1. The van der Waals surface area contributed by atoms with Crippen molar-refractivity contribution in [1.82, 2.24) is 20.4 Å². The third-order valence-corrected chi connectivity index (χ3v) is 6.28. The average molecular weight is 484 g/mol. The van der Waals surface area contributed by atoms with Crippen LogP contribution in [-0.2, 0) is 4.74 Å². The van der Waals surface area contributed by atoms with Crippen LogP contribution in [0.25, 0.3) is 0 Å². The van der Waals surface area contributed by atoms with Crippen molar-refractivity contribution in [3.8, 4) is 0 Å². The van der Waals surface area contributed by atoms with Crippen LogP contribution in [0.5, 0.6) is 0 Å². The average Bonchev–Trinajstić information content (AvgIpc) is 3.36. The summed E-state index contributed by atoms with van der Waals surface area (Å²) < 4.78 is 11.8. The number of halogens is 1. The van der Waals surface area contributed by atoms with Crippen molar-refractivity contribution in [1.29, 1.82) is 0 Å². The number of nitrogens with one attached hydrogen (secondary N) is 1. The number of likely N-dealkylation sites (tertiary alicyclic amines) is 1. The molecule has 0 saturated carbocycles. The highest BCUT2D eigenvalue weighted by molar-refractivity contribution is 7.18. The molecule has 1 aliphatic rings. The Morgan fingerprint density at radius 3 is 2.53 bits per heavy atom. The van der Waals surface area contributed by atoms with Gasteiger partial charge in [-0.15, -0.1) is 16.4 Å². The van der Waals surface area contributed by atoms with Crippen LogP contribution in [-0.4, -0.2) is 59.9 Å². The zero-order valence-electron chi connectivity index (χ0n) is 19.1.